The second-order valence-corrected chi connectivity index (χ2v) is 6.39. The minimum absolute atomic E-state index is 0. The van der Waals surface area contributed by atoms with Crippen molar-refractivity contribution in [3.05, 3.63) is 35.6 Å². The van der Waals surface area contributed by atoms with Crippen molar-refractivity contribution >= 4 is 41.7 Å². The number of thioether (sulfide) groups is 1. The number of nitrogens with one attached hydrogen (secondary N) is 2. The third-order valence-electron chi connectivity index (χ3n) is 3.79. The molecule has 0 heterocycles. The predicted molar refractivity (Wildman–Crippen MR) is 105 cm³/mol. The smallest absolute Gasteiger partial charge is 0.191 e. The SMILES string of the molecule is CCNC(=NCC1(c2ccc(F)cc2)CC1)NCCSC.I. The molecule has 0 atom stereocenters. The molecule has 6 heteroatoms. The molecule has 0 amide bonds. The van der Waals surface area contributed by atoms with Crippen molar-refractivity contribution in [1.82, 2.24) is 10.6 Å². The van der Waals surface area contributed by atoms with E-state index in [1.807, 2.05) is 23.9 Å². The number of nitrogens with zero attached hydrogens (tertiary/aromatic N) is 1. The summed E-state index contributed by atoms with van der Waals surface area (Å²) in [7, 11) is 0. The molecule has 0 saturated heterocycles. The fraction of sp³-hybridized carbons (Fsp3) is 0.562. The molecule has 0 spiro atoms. The Kier molecular flexibility index (Phi) is 8.53. The fourth-order valence-corrected chi connectivity index (χ4v) is 2.64. The molecule has 1 aliphatic rings. The lowest BCUT2D eigenvalue weighted by atomic mass is 9.96. The summed E-state index contributed by atoms with van der Waals surface area (Å²) in [6, 6.07) is 6.87. The maximum Gasteiger partial charge on any atom is 0.191 e. The van der Waals surface area contributed by atoms with Gasteiger partial charge < -0.3 is 10.6 Å². The van der Waals surface area contributed by atoms with Crippen molar-refractivity contribution in [2.24, 2.45) is 4.99 Å². The summed E-state index contributed by atoms with van der Waals surface area (Å²) in [4.78, 5) is 4.71. The van der Waals surface area contributed by atoms with Crippen molar-refractivity contribution in [3.63, 3.8) is 0 Å². The van der Waals surface area contributed by atoms with E-state index in [1.54, 1.807) is 12.1 Å². The first-order valence-electron chi connectivity index (χ1n) is 7.47. The molecule has 2 rings (SSSR count). The summed E-state index contributed by atoms with van der Waals surface area (Å²) in [5.41, 5.74) is 1.32. The van der Waals surface area contributed by atoms with Gasteiger partial charge in [-0.2, -0.15) is 11.8 Å². The van der Waals surface area contributed by atoms with Gasteiger partial charge in [0.05, 0.1) is 6.54 Å². The van der Waals surface area contributed by atoms with Crippen LogP contribution in [0.25, 0.3) is 0 Å². The third kappa shape index (κ3) is 5.61. The Hall–Kier alpha value is -0.500. The van der Waals surface area contributed by atoms with Gasteiger partial charge in [0.25, 0.3) is 0 Å². The zero-order valence-corrected chi connectivity index (χ0v) is 16.3. The van der Waals surface area contributed by atoms with Gasteiger partial charge in [-0.25, -0.2) is 4.39 Å². The van der Waals surface area contributed by atoms with E-state index >= 15 is 0 Å². The predicted octanol–water partition coefficient (Wildman–Crippen LogP) is 3.39. The molecule has 0 bridgehead atoms. The number of benzene rings is 1. The van der Waals surface area contributed by atoms with E-state index < -0.39 is 0 Å². The van der Waals surface area contributed by atoms with E-state index in [0.717, 1.165) is 44.2 Å². The normalized spacial score (nSPS) is 15.9. The number of rotatable bonds is 7. The van der Waals surface area contributed by atoms with Crippen LogP contribution in [0.3, 0.4) is 0 Å². The molecule has 0 unspecified atom stereocenters. The fourth-order valence-electron chi connectivity index (χ4n) is 2.34. The van der Waals surface area contributed by atoms with Gasteiger partial charge in [-0.15, -0.1) is 24.0 Å². The number of halogens is 2. The largest absolute Gasteiger partial charge is 0.357 e. The Morgan fingerprint density at radius 1 is 1.27 bits per heavy atom. The molecule has 2 N–H and O–H groups in total. The van der Waals surface area contributed by atoms with E-state index in [2.05, 4.69) is 23.8 Å². The molecule has 1 fully saturated rings. The van der Waals surface area contributed by atoms with Gasteiger partial charge in [0.15, 0.2) is 5.96 Å². The van der Waals surface area contributed by atoms with E-state index in [-0.39, 0.29) is 35.2 Å². The molecule has 0 aliphatic heterocycles. The first-order valence-corrected chi connectivity index (χ1v) is 8.87. The Morgan fingerprint density at radius 2 is 1.95 bits per heavy atom. The zero-order valence-electron chi connectivity index (χ0n) is 13.2. The van der Waals surface area contributed by atoms with Crippen molar-refractivity contribution in [2.75, 3.05) is 31.6 Å². The average molecular weight is 437 g/mol. The first-order chi connectivity index (χ1) is 10.2. The Balaban J connectivity index is 0.00000242. The van der Waals surface area contributed by atoms with Crippen LogP contribution in [0.15, 0.2) is 29.3 Å². The minimum atomic E-state index is -0.176. The summed E-state index contributed by atoms with van der Waals surface area (Å²) in [5.74, 6) is 1.76. The van der Waals surface area contributed by atoms with Crippen molar-refractivity contribution in [3.8, 4) is 0 Å². The topological polar surface area (TPSA) is 36.4 Å². The van der Waals surface area contributed by atoms with Gasteiger partial charge in [0, 0.05) is 24.3 Å². The van der Waals surface area contributed by atoms with Gasteiger partial charge in [-0.05, 0) is 43.7 Å². The summed E-state index contributed by atoms with van der Waals surface area (Å²) in [5, 5.41) is 6.61. The number of hydrogen-bond acceptors (Lipinski definition) is 2. The van der Waals surface area contributed by atoms with Crippen LogP contribution in [-0.4, -0.2) is 37.6 Å². The number of aliphatic imine (C=N–C) groups is 1. The van der Waals surface area contributed by atoms with E-state index in [4.69, 9.17) is 4.99 Å². The lowest BCUT2D eigenvalue weighted by molar-refractivity contribution is 0.623. The zero-order chi connectivity index (χ0) is 15.1. The average Bonchev–Trinajstić information content (AvgIpc) is 3.27. The van der Waals surface area contributed by atoms with Crippen LogP contribution < -0.4 is 10.6 Å². The lowest BCUT2D eigenvalue weighted by Crippen LogP contribution is -2.39. The standard InChI is InChI=1S/C16H24FN3S.HI/c1-3-18-15(19-10-11-21-2)20-12-16(8-9-16)13-4-6-14(17)7-5-13;/h4-7H,3,8-12H2,1-2H3,(H2,18,19,20);1H. The maximum atomic E-state index is 13.0. The third-order valence-corrected chi connectivity index (χ3v) is 4.41. The van der Waals surface area contributed by atoms with E-state index in [0.29, 0.717) is 0 Å². The Morgan fingerprint density at radius 3 is 2.50 bits per heavy atom. The van der Waals surface area contributed by atoms with Crippen molar-refractivity contribution in [2.45, 2.75) is 25.2 Å². The highest BCUT2D eigenvalue weighted by Crippen LogP contribution is 2.48. The Bertz CT molecular complexity index is 475. The molecule has 1 aliphatic carbocycles. The van der Waals surface area contributed by atoms with Crippen molar-refractivity contribution < 1.29 is 4.39 Å². The molecule has 124 valence electrons. The molecule has 3 nitrogen and oxygen atoms in total. The van der Waals surface area contributed by atoms with Crippen LogP contribution in [0.4, 0.5) is 4.39 Å². The molecule has 1 aromatic carbocycles. The first kappa shape index (κ1) is 19.5. The monoisotopic (exact) mass is 437 g/mol. The quantitative estimate of drug-likeness (QED) is 0.297. The molecular weight excluding hydrogens is 412 g/mol. The van der Waals surface area contributed by atoms with Gasteiger partial charge in [-0.3, -0.25) is 4.99 Å². The summed E-state index contributed by atoms with van der Waals surface area (Å²) >= 11 is 1.82. The van der Waals surface area contributed by atoms with Gasteiger partial charge in [0.2, 0.25) is 0 Å². The van der Waals surface area contributed by atoms with Gasteiger partial charge in [0.1, 0.15) is 5.82 Å². The van der Waals surface area contributed by atoms with E-state index in [1.165, 1.54) is 5.56 Å². The van der Waals surface area contributed by atoms with E-state index in [9.17, 15) is 4.39 Å². The van der Waals surface area contributed by atoms with Gasteiger partial charge >= 0.3 is 0 Å². The molecule has 1 aromatic rings. The summed E-state index contributed by atoms with van der Waals surface area (Å²) < 4.78 is 13.0. The Labute approximate surface area is 154 Å². The minimum Gasteiger partial charge on any atom is -0.357 e. The molecule has 1 saturated carbocycles. The highest BCUT2D eigenvalue weighted by molar-refractivity contribution is 14.0. The summed E-state index contributed by atoms with van der Waals surface area (Å²) in [6.45, 7) is 4.59. The lowest BCUT2D eigenvalue weighted by Gasteiger charge is -2.16. The summed E-state index contributed by atoms with van der Waals surface area (Å²) in [6.07, 6.45) is 4.36. The van der Waals surface area contributed by atoms with Gasteiger partial charge in [-0.1, -0.05) is 12.1 Å². The molecule has 22 heavy (non-hydrogen) atoms. The van der Waals surface area contributed by atoms with Crippen LogP contribution in [-0.2, 0) is 5.41 Å². The molecule has 0 radical (unpaired) electrons. The van der Waals surface area contributed by atoms with Crippen LogP contribution in [0.5, 0.6) is 0 Å². The highest BCUT2D eigenvalue weighted by atomic mass is 127. The van der Waals surface area contributed by atoms with Crippen LogP contribution in [0.1, 0.15) is 25.3 Å². The molecule has 0 aromatic heterocycles. The number of hydrogen-bond donors (Lipinski definition) is 2. The van der Waals surface area contributed by atoms with Crippen LogP contribution in [0, 0.1) is 5.82 Å². The second kappa shape index (κ2) is 9.60. The highest BCUT2D eigenvalue weighted by Gasteiger charge is 2.44. The van der Waals surface area contributed by atoms with Crippen molar-refractivity contribution in [1.29, 1.82) is 0 Å². The second-order valence-electron chi connectivity index (χ2n) is 5.40. The number of guanidine groups is 1. The van der Waals surface area contributed by atoms with Crippen LogP contribution in [0.2, 0.25) is 0 Å². The van der Waals surface area contributed by atoms with Crippen LogP contribution >= 0.6 is 35.7 Å². The maximum absolute atomic E-state index is 13.0. The molecular formula is C16H25FIN3S.